The summed E-state index contributed by atoms with van der Waals surface area (Å²) in [4.78, 5) is 4.48. The van der Waals surface area contributed by atoms with Crippen molar-refractivity contribution >= 4 is 0 Å². The van der Waals surface area contributed by atoms with Crippen LogP contribution in [0.3, 0.4) is 0 Å². The maximum absolute atomic E-state index is 5.21. The molecule has 1 unspecified atom stereocenters. The molecule has 2 aromatic rings. The predicted octanol–water partition coefficient (Wildman–Crippen LogP) is 2.67. The average molecular weight is 287 g/mol. The second kappa shape index (κ2) is 7.84. The number of ether oxygens (including phenoxy) is 1. The van der Waals surface area contributed by atoms with E-state index in [1.807, 2.05) is 24.5 Å². The number of rotatable bonds is 8. The fourth-order valence-electron chi connectivity index (χ4n) is 2.59. The zero-order valence-corrected chi connectivity index (χ0v) is 13.2. The van der Waals surface area contributed by atoms with Crippen LogP contribution in [0.1, 0.15) is 25.2 Å². The first-order chi connectivity index (χ1) is 10.3. The van der Waals surface area contributed by atoms with E-state index in [-0.39, 0.29) is 0 Å². The number of benzene rings is 1. The minimum absolute atomic E-state index is 0.399. The van der Waals surface area contributed by atoms with Gasteiger partial charge in [0, 0.05) is 31.4 Å². The predicted molar refractivity (Wildman–Crippen MR) is 85.8 cm³/mol. The quantitative estimate of drug-likeness (QED) is 0.811. The van der Waals surface area contributed by atoms with Gasteiger partial charge in [0.15, 0.2) is 0 Å². The summed E-state index contributed by atoms with van der Waals surface area (Å²) in [5.74, 6) is 2.05. The van der Waals surface area contributed by atoms with E-state index in [0.29, 0.717) is 6.04 Å². The molecule has 1 aromatic heterocycles. The van der Waals surface area contributed by atoms with Crippen molar-refractivity contribution in [3.8, 4) is 5.75 Å². The monoisotopic (exact) mass is 287 g/mol. The fourth-order valence-corrected chi connectivity index (χ4v) is 2.59. The van der Waals surface area contributed by atoms with Crippen molar-refractivity contribution in [1.29, 1.82) is 0 Å². The van der Waals surface area contributed by atoms with Gasteiger partial charge in [0.05, 0.1) is 7.11 Å². The molecule has 0 spiro atoms. The van der Waals surface area contributed by atoms with Crippen molar-refractivity contribution in [1.82, 2.24) is 14.9 Å². The molecule has 1 N–H and O–H groups in total. The third kappa shape index (κ3) is 4.33. The van der Waals surface area contributed by atoms with Crippen molar-refractivity contribution in [3.05, 3.63) is 48.0 Å². The lowest BCUT2D eigenvalue weighted by Crippen LogP contribution is -2.34. The van der Waals surface area contributed by atoms with Crippen LogP contribution in [0.4, 0.5) is 0 Å². The third-order valence-corrected chi connectivity index (χ3v) is 3.71. The summed E-state index contributed by atoms with van der Waals surface area (Å²) >= 11 is 0. The Labute approximate surface area is 127 Å². The highest BCUT2D eigenvalue weighted by Crippen LogP contribution is 2.14. The highest BCUT2D eigenvalue weighted by atomic mass is 16.5. The molecule has 0 amide bonds. The molecule has 1 atom stereocenters. The summed E-state index contributed by atoms with van der Waals surface area (Å²) in [6, 6.07) is 8.71. The highest BCUT2D eigenvalue weighted by Gasteiger charge is 2.13. The molecule has 4 heteroatoms. The first-order valence-corrected chi connectivity index (χ1v) is 7.63. The minimum Gasteiger partial charge on any atom is -0.497 e. The molecule has 0 fully saturated rings. The van der Waals surface area contributed by atoms with Crippen LogP contribution in [0.2, 0.25) is 0 Å². The molecule has 0 aliphatic carbocycles. The number of aryl methyl sites for hydroxylation is 1. The number of nitrogens with zero attached hydrogens (tertiary/aromatic N) is 2. The van der Waals surface area contributed by atoms with Crippen molar-refractivity contribution in [2.24, 2.45) is 0 Å². The molecule has 0 aliphatic heterocycles. The molecule has 0 aliphatic rings. The van der Waals surface area contributed by atoms with Gasteiger partial charge in [-0.25, -0.2) is 4.98 Å². The number of nitrogens with one attached hydrogen (secondary N) is 1. The molecule has 114 valence electrons. The van der Waals surface area contributed by atoms with Gasteiger partial charge in [0.25, 0.3) is 0 Å². The lowest BCUT2D eigenvalue weighted by atomic mass is 10.0. The Bertz CT molecular complexity index is 533. The van der Waals surface area contributed by atoms with E-state index in [9.17, 15) is 0 Å². The smallest absolute Gasteiger partial charge is 0.118 e. The number of hydrogen-bond donors (Lipinski definition) is 1. The number of methoxy groups -OCH3 is 1. The van der Waals surface area contributed by atoms with Gasteiger partial charge in [0.1, 0.15) is 11.6 Å². The van der Waals surface area contributed by atoms with E-state index in [4.69, 9.17) is 4.74 Å². The van der Waals surface area contributed by atoms with Crippen LogP contribution in [0.5, 0.6) is 5.75 Å². The summed E-state index contributed by atoms with van der Waals surface area (Å²) in [6.45, 7) is 6.23. The Morgan fingerprint density at radius 3 is 2.57 bits per heavy atom. The van der Waals surface area contributed by atoms with Crippen molar-refractivity contribution in [2.75, 3.05) is 13.7 Å². The van der Waals surface area contributed by atoms with E-state index < -0.39 is 0 Å². The molecule has 21 heavy (non-hydrogen) atoms. The SMILES string of the molecule is CCNC(Cc1ccc(OC)cc1)Cc1nccn1CC. The van der Waals surface area contributed by atoms with Crippen LogP contribution in [0.25, 0.3) is 0 Å². The number of aromatic nitrogens is 2. The zero-order chi connectivity index (χ0) is 15.1. The number of likely N-dealkylation sites (N-methyl/N-ethyl adjacent to an activating group) is 1. The highest BCUT2D eigenvalue weighted by molar-refractivity contribution is 5.27. The van der Waals surface area contributed by atoms with E-state index in [0.717, 1.165) is 37.5 Å². The van der Waals surface area contributed by atoms with Crippen LogP contribution in [0.15, 0.2) is 36.7 Å². The maximum atomic E-state index is 5.21. The van der Waals surface area contributed by atoms with Gasteiger partial charge in [0.2, 0.25) is 0 Å². The lowest BCUT2D eigenvalue weighted by Gasteiger charge is -2.18. The van der Waals surface area contributed by atoms with Gasteiger partial charge >= 0.3 is 0 Å². The first kappa shape index (κ1) is 15.6. The van der Waals surface area contributed by atoms with E-state index in [1.165, 1.54) is 5.56 Å². The van der Waals surface area contributed by atoms with Crippen LogP contribution < -0.4 is 10.1 Å². The van der Waals surface area contributed by atoms with E-state index in [1.54, 1.807) is 7.11 Å². The average Bonchev–Trinajstić information content (AvgIpc) is 2.95. The second-order valence-electron chi connectivity index (χ2n) is 5.14. The molecular weight excluding hydrogens is 262 g/mol. The molecular formula is C17H25N3O. The van der Waals surface area contributed by atoms with Gasteiger partial charge < -0.3 is 14.6 Å². The molecule has 0 radical (unpaired) electrons. The number of imidazole rings is 1. The summed E-state index contributed by atoms with van der Waals surface area (Å²) in [5, 5.41) is 3.56. The first-order valence-electron chi connectivity index (χ1n) is 7.63. The summed E-state index contributed by atoms with van der Waals surface area (Å²) in [7, 11) is 1.70. The molecule has 1 heterocycles. The summed E-state index contributed by atoms with van der Waals surface area (Å²) in [5.41, 5.74) is 1.32. The molecule has 4 nitrogen and oxygen atoms in total. The Morgan fingerprint density at radius 1 is 1.19 bits per heavy atom. The minimum atomic E-state index is 0.399. The van der Waals surface area contributed by atoms with Gasteiger partial charge in [-0.15, -0.1) is 0 Å². The summed E-state index contributed by atoms with van der Waals surface area (Å²) in [6.07, 6.45) is 5.87. The third-order valence-electron chi connectivity index (χ3n) is 3.71. The standard InChI is InChI=1S/C17H25N3O/c1-4-18-15(13-17-19-10-11-20(17)5-2)12-14-6-8-16(21-3)9-7-14/h6-11,15,18H,4-5,12-13H2,1-3H3. The Morgan fingerprint density at radius 2 is 1.95 bits per heavy atom. The topological polar surface area (TPSA) is 39.1 Å². The number of hydrogen-bond acceptors (Lipinski definition) is 3. The van der Waals surface area contributed by atoms with E-state index in [2.05, 4.69) is 40.8 Å². The molecule has 0 saturated carbocycles. The van der Waals surface area contributed by atoms with Gasteiger partial charge in [-0.3, -0.25) is 0 Å². The lowest BCUT2D eigenvalue weighted by molar-refractivity contribution is 0.414. The van der Waals surface area contributed by atoms with Crippen LogP contribution >= 0.6 is 0 Å². The van der Waals surface area contributed by atoms with Crippen molar-refractivity contribution < 1.29 is 4.74 Å². The zero-order valence-electron chi connectivity index (χ0n) is 13.2. The Kier molecular flexibility index (Phi) is 5.81. The van der Waals surface area contributed by atoms with Crippen molar-refractivity contribution in [2.45, 2.75) is 39.3 Å². The molecule has 2 rings (SSSR count). The van der Waals surface area contributed by atoms with Crippen LogP contribution in [0, 0.1) is 0 Å². The second-order valence-corrected chi connectivity index (χ2v) is 5.14. The van der Waals surface area contributed by atoms with E-state index >= 15 is 0 Å². The molecule has 1 aromatic carbocycles. The molecule has 0 bridgehead atoms. The van der Waals surface area contributed by atoms with Gasteiger partial charge in [-0.1, -0.05) is 19.1 Å². The van der Waals surface area contributed by atoms with Gasteiger partial charge in [-0.05, 0) is 37.6 Å². The fraction of sp³-hybridized carbons (Fsp3) is 0.471. The largest absolute Gasteiger partial charge is 0.497 e. The molecule has 0 saturated heterocycles. The summed E-state index contributed by atoms with van der Waals surface area (Å²) < 4.78 is 7.41. The Balaban J connectivity index is 2.04. The van der Waals surface area contributed by atoms with Gasteiger partial charge in [-0.2, -0.15) is 0 Å². The maximum Gasteiger partial charge on any atom is 0.118 e. The van der Waals surface area contributed by atoms with Crippen LogP contribution in [-0.4, -0.2) is 29.2 Å². The van der Waals surface area contributed by atoms with Crippen molar-refractivity contribution in [3.63, 3.8) is 0 Å². The van der Waals surface area contributed by atoms with Crippen LogP contribution in [-0.2, 0) is 19.4 Å². The Hall–Kier alpha value is -1.81. The normalized spacial score (nSPS) is 12.3.